The van der Waals surface area contributed by atoms with Crippen molar-refractivity contribution in [3.63, 3.8) is 0 Å². The summed E-state index contributed by atoms with van der Waals surface area (Å²) in [5, 5.41) is 77.7. The number of aliphatic hydroxyl groups excluding tert-OH is 6. The first-order chi connectivity index (χ1) is 31.5. The number of aliphatic hydroxyl groups is 6. The van der Waals surface area contributed by atoms with E-state index >= 15 is 0 Å². The Hall–Kier alpha value is -1.76. The number of carbonyl (C=O) groups is 3. The molecule has 7 N–H and O–H groups in total. The number of hydrogen-bond acceptors (Lipinski definition) is 20. The summed E-state index contributed by atoms with van der Waals surface area (Å²) in [5.41, 5.74) is 0. The lowest BCUT2D eigenvalue weighted by molar-refractivity contribution is -0.435. The van der Waals surface area contributed by atoms with Crippen LogP contribution in [-0.2, 0) is 56.4 Å². The van der Waals surface area contributed by atoms with Crippen LogP contribution in [-0.4, -0.2) is 141 Å². The van der Waals surface area contributed by atoms with Crippen molar-refractivity contribution in [2.45, 2.75) is 238 Å². The maximum atomic E-state index is 13.3. The van der Waals surface area contributed by atoms with Crippen molar-refractivity contribution in [2.24, 2.45) is 23.7 Å². The van der Waals surface area contributed by atoms with Crippen LogP contribution in [0.15, 0.2) is 0 Å². The molecule has 19 nitrogen and oxygen atoms in total. The van der Waals surface area contributed by atoms with E-state index in [4.69, 9.17) is 37.9 Å². The number of esters is 3. The summed E-state index contributed by atoms with van der Waals surface area (Å²) in [6.45, 7) is 11.5. The minimum atomic E-state index is -1.87. The van der Waals surface area contributed by atoms with E-state index in [0.717, 1.165) is 25.7 Å². The zero-order valence-corrected chi connectivity index (χ0v) is 41.1. The van der Waals surface area contributed by atoms with Gasteiger partial charge in [0.05, 0.1) is 24.0 Å². The fraction of sp³-hybridized carbons (Fsp3) is 0.935. The average molecular weight is 973 g/mol. The van der Waals surface area contributed by atoms with E-state index in [-0.39, 0.29) is 30.6 Å². The van der Waals surface area contributed by atoms with Crippen molar-refractivity contribution in [3.05, 3.63) is 0 Å². The molecule has 2 rings (SSSR count). The molecule has 0 saturated carbocycles. The molecule has 2 heterocycles. The third kappa shape index (κ3) is 21.5. The highest BCUT2D eigenvalue weighted by molar-refractivity contribution is 7.89. The standard InChI is InChI=1S/C46H84O19S/c1-8-11-12-13-14-15-16-17-18-19-20-21-22-23-36(49)61-41-39(52)37(50)34(26-57-43(54)30(6)24-28(4)32(47)9-2)59-45(41)62-46-42(63-66-65-64-56)40(53)38(51)35(60-46)27-58-44(55)31(7)25-29(5)33(48)10-3/h28-35,37-42,45-48,50-53,56H,8-27H2,1-7H3. The van der Waals surface area contributed by atoms with Crippen LogP contribution in [0.4, 0.5) is 0 Å². The van der Waals surface area contributed by atoms with Gasteiger partial charge in [-0.3, -0.25) is 18.6 Å². The van der Waals surface area contributed by atoms with E-state index in [2.05, 4.69) is 16.3 Å². The summed E-state index contributed by atoms with van der Waals surface area (Å²) in [6, 6.07) is 0. The molecule has 388 valence electrons. The van der Waals surface area contributed by atoms with E-state index < -0.39 is 117 Å². The Morgan fingerprint density at radius 2 is 1.00 bits per heavy atom. The maximum Gasteiger partial charge on any atom is 0.308 e. The smallest absolute Gasteiger partial charge is 0.308 e. The second kappa shape index (κ2) is 33.7. The summed E-state index contributed by atoms with van der Waals surface area (Å²) >= 11 is 0.0229. The lowest BCUT2D eigenvalue weighted by Crippen LogP contribution is -2.64. The Bertz CT molecular complexity index is 1320. The quantitative estimate of drug-likeness (QED) is 0.0101. The van der Waals surface area contributed by atoms with Gasteiger partial charge < -0.3 is 59.1 Å². The Labute approximate surface area is 396 Å². The molecule has 66 heavy (non-hydrogen) atoms. The van der Waals surface area contributed by atoms with Gasteiger partial charge in [-0.05, 0) is 43.9 Å². The minimum Gasteiger partial charge on any atom is -0.463 e. The molecule has 0 aromatic heterocycles. The lowest BCUT2D eigenvalue weighted by atomic mass is 9.92. The monoisotopic (exact) mass is 973 g/mol. The first-order valence-electron chi connectivity index (χ1n) is 24.4. The third-order valence-electron chi connectivity index (χ3n) is 12.7. The predicted octanol–water partition coefficient (Wildman–Crippen LogP) is 5.61. The molecule has 0 radical (unpaired) electrons. The van der Waals surface area contributed by atoms with Gasteiger partial charge in [0, 0.05) is 6.42 Å². The number of carbonyl (C=O) groups excluding carboxylic acids is 3. The SMILES string of the molecule is CCCCCCCCCCCCCCCC(=O)OC1C(OC2OC(COC(=O)C(C)CC(C)C(O)CC)C(O)C(O)C2OSOOO)OC(COC(=O)C(C)CC(C)C(O)CC)C(O)C1O. The second-order valence-electron chi connectivity index (χ2n) is 18.3. The van der Waals surface area contributed by atoms with E-state index in [9.17, 15) is 45.0 Å². The van der Waals surface area contributed by atoms with Gasteiger partial charge >= 0.3 is 17.9 Å². The molecular formula is C46H84O19S. The Morgan fingerprint density at radius 1 is 0.591 bits per heavy atom. The van der Waals surface area contributed by atoms with Crippen molar-refractivity contribution in [1.29, 1.82) is 0 Å². The number of rotatable bonds is 35. The fourth-order valence-corrected chi connectivity index (χ4v) is 8.63. The summed E-state index contributed by atoms with van der Waals surface area (Å²) in [7, 11) is 0. The van der Waals surface area contributed by atoms with Crippen molar-refractivity contribution in [2.75, 3.05) is 13.2 Å². The molecule has 0 spiro atoms. The van der Waals surface area contributed by atoms with Crippen LogP contribution in [0.3, 0.4) is 0 Å². The Balaban J connectivity index is 2.23. The molecule has 0 aromatic rings. The van der Waals surface area contributed by atoms with Crippen LogP contribution in [0.1, 0.15) is 164 Å². The Kier molecular flexibility index (Phi) is 30.8. The predicted molar refractivity (Wildman–Crippen MR) is 240 cm³/mol. The summed E-state index contributed by atoms with van der Waals surface area (Å²) < 4.78 is 44.4. The van der Waals surface area contributed by atoms with Gasteiger partial charge in [0.1, 0.15) is 49.8 Å². The summed E-state index contributed by atoms with van der Waals surface area (Å²) in [5.74, 6) is -3.79. The first-order valence-corrected chi connectivity index (χ1v) is 25.0. The largest absolute Gasteiger partial charge is 0.463 e. The molecule has 0 aromatic carbocycles. The summed E-state index contributed by atoms with van der Waals surface area (Å²) in [6.07, 6.45) is -2.48. The molecule has 0 amide bonds. The maximum absolute atomic E-state index is 13.3. The van der Waals surface area contributed by atoms with Gasteiger partial charge in [-0.25, -0.2) is 5.26 Å². The topological polar surface area (TPSA) is 276 Å². The summed E-state index contributed by atoms with van der Waals surface area (Å²) in [4.78, 5) is 39.3. The molecule has 0 bridgehead atoms. The van der Waals surface area contributed by atoms with Gasteiger partial charge in [-0.2, -0.15) is 0 Å². The van der Waals surface area contributed by atoms with Gasteiger partial charge in [0.2, 0.25) is 6.29 Å². The van der Waals surface area contributed by atoms with Crippen LogP contribution in [0.25, 0.3) is 0 Å². The first kappa shape index (κ1) is 60.4. The zero-order valence-electron chi connectivity index (χ0n) is 40.3. The highest BCUT2D eigenvalue weighted by Gasteiger charge is 2.53. The van der Waals surface area contributed by atoms with Crippen molar-refractivity contribution in [3.8, 4) is 0 Å². The highest BCUT2D eigenvalue weighted by atomic mass is 32.2. The normalized spacial score (nSPS) is 28.5. The van der Waals surface area contributed by atoms with Crippen LogP contribution >= 0.6 is 12.3 Å². The van der Waals surface area contributed by atoms with E-state index in [1.54, 1.807) is 20.8 Å². The minimum absolute atomic E-state index is 0.0229. The van der Waals surface area contributed by atoms with Gasteiger partial charge in [-0.15, -0.1) is 4.33 Å². The van der Waals surface area contributed by atoms with Gasteiger partial charge in [0.25, 0.3) is 0 Å². The van der Waals surface area contributed by atoms with Crippen LogP contribution in [0, 0.1) is 23.7 Å². The molecule has 2 aliphatic rings. The fourth-order valence-electron chi connectivity index (χ4n) is 8.28. The van der Waals surface area contributed by atoms with E-state index in [0.29, 0.717) is 32.1 Å². The third-order valence-corrected chi connectivity index (χ3v) is 13.1. The number of unbranched alkanes of at least 4 members (excludes halogenated alkanes) is 12. The molecule has 0 aliphatic carbocycles. The average Bonchev–Trinajstić information content (AvgIpc) is 3.30. The lowest BCUT2D eigenvalue weighted by Gasteiger charge is -2.46. The highest BCUT2D eigenvalue weighted by Crippen LogP contribution is 2.33. The Morgan fingerprint density at radius 3 is 1.42 bits per heavy atom. The van der Waals surface area contributed by atoms with Crippen LogP contribution in [0.2, 0.25) is 0 Å². The van der Waals surface area contributed by atoms with Crippen molar-refractivity contribution < 1.29 is 92.3 Å². The van der Waals surface area contributed by atoms with E-state index in [1.807, 2.05) is 20.8 Å². The van der Waals surface area contributed by atoms with Crippen molar-refractivity contribution >= 4 is 30.2 Å². The van der Waals surface area contributed by atoms with E-state index in [1.165, 1.54) is 51.4 Å². The molecule has 16 atom stereocenters. The van der Waals surface area contributed by atoms with Crippen LogP contribution in [0.5, 0.6) is 0 Å². The molecule has 20 heteroatoms. The second-order valence-corrected chi connectivity index (χ2v) is 18.8. The molecule has 2 fully saturated rings. The number of ether oxygens (including phenoxy) is 6. The van der Waals surface area contributed by atoms with Crippen molar-refractivity contribution in [1.82, 2.24) is 0 Å². The van der Waals surface area contributed by atoms with Gasteiger partial charge in [0.15, 0.2) is 30.8 Å². The van der Waals surface area contributed by atoms with Gasteiger partial charge in [-0.1, -0.05) is 131 Å². The molecule has 2 aliphatic heterocycles. The number of hydrogen-bond donors (Lipinski definition) is 7. The molecule has 2 saturated heterocycles. The van der Waals surface area contributed by atoms with Crippen LogP contribution < -0.4 is 0 Å². The molecule has 16 unspecified atom stereocenters. The molecular weight excluding hydrogens is 889 g/mol. The zero-order chi connectivity index (χ0) is 49.2.